The third kappa shape index (κ3) is 6.66. The summed E-state index contributed by atoms with van der Waals surface area (Å²) in [5.74, 6) is -0.206. The van der Waals surface area contributed by atoms with Crippen molar-refractivity contribution in [2.24, 2.45) is 0 Å². The Kier molecular flexibility index (Phi) is 8.04. The molecule has 0 aromatic heterocycles. The molecule has 34 heavy (non-hydrogen) atoms. The minimum atomic E-state index is -4.01. The Morgan fingerprint density at radius 3 is 2.21 bits per heavy atom. The van der Waals surface area contributed by atoms with E-state index in [1.807, 2.05) is 30.3 Å². The molecule has 0 saturated carbocycles. The fourth-order valence-electron chi connectivity index (χ4n) is 3.42. The quantitative estimate of drug-likeness (QED) is 0.433. The standard InChI is InChI=1S/C25H27N3O5S/c1-17-14-22(12-13-24(17)33-3)34(31,32)28-23(15-19-8-5-4-6-9-19)25(30)27-21-11-7-10-20(16-21)26-18(2)29/h4-14,16,23,28H,15H2,1-3H3,(H,26,29)(H,27,30)/t23-/m0/s1. The summed E-state index contributed by atoms with van der Waals surface area (Å²) in [7, 11) is -2.50. The predicted molar refractivity (Wildman–Crippen MR) is 131 cm³/mol. The Labute approximate surface area is 199 Å². The third-order valence-electron chi connectivity index (χ3n) is 5.02. The average molecular weight is 482 g/mol. The number of hydrogen-bond donors (Lipinski definition) is 3. The molecule has 9 heteroatoms. The van der Waals surface area contributed by atoms with Gasteiger partial charge < -0.3 is 15.4 Å². The van der Waals surface area contributed by atoms with E-state index in [0.29, 0.717) is 22.7 Å². The largest absolute Gasteiger partial charge is 0.496 e. The highest BCUT2D eigenvalue weighted by molar-refractivity contribution is 7.89. The molecule has 0 bridgehead atoms. The number of rotatable bonds is 9. The summed E-state index contributed by atoms with van der Waals surface area (Å²) in [6, 6.07) is 19.2. The molecule has 0 fully saturated rings. The molecule has 0 aliphatic carbocycles. The number of carbonyl (C=O) groups excluding carboxylic acids is 2. The maximum absolute atomic E-state index is 13.2. The second kappa shape index (κ2) is 11.0. The molecule has 3 aromatic rings. The van der Waals surface area contributed by atoms with Crippen molar-refractivity contribution in [1.29, 1.82) is 0 Å². The summed E-state index contributed by atoms with van der Waals surface area (Å²) in [5, 5.41) is 5.39. The molecule has 0 radical (unpaired) electrons. The molecule has 1 atom stereocenters. The van der Waals surface area contributed by atoms with Crippen LogP contribution in [-0.4, -0.2) is 33.4 Å². The van der Waals surface area contributed by atoms with Gasteiger partial charge in [-0.1, -0.05) is 36.4 Å². The van der Waals surface area contributed by atoms with Gasteiger partial charge in [0.05, 0.1) is 12.0 Å². The summed E-state index contributed by atoms with van der Waals surface area (Å²) < 4.78 is 34.0. The van der Waals surface area contributed by atoms with Crippen LogP contribution in [-0.2, 0) is 26.0 Å². The molecule has 3 aromatic carbocycles. The van der Waals surface area contributed by atoms with E-state index in [4.69, 9.17) is 4.74 Å². The maximum atomic E-state index is 13.2. The molecule has 0 heterocycles. The van der Waals surface area contributed by atoms with Crippen molar-refractivity contribution in [2.75, 3.05) is 17.7 Å². The number of benzene rings is 3. The van der Waals surface area contributed by atoms with Crippen molar-refractivity contribution in [1.82, 2.24) is 4.72 Å². The van der Waals surface area contributed by atoms with Gasteiger partial charge in [0.15, 0.2) is 0 Å². The first-order valence-electron chi connectivity index (χ1n) is 10.6. The summed E-state index contributed by atoms with van der Waals surface area (Å²) in [6.07, 6.45) is 0.145. The van der Waals surface area contributed by atoms with Gasteiger partial charge in [-0.05, 0) is 60.9 Å². The number of aryl methyl sites for hydroxylation is 1. The Morgan fingerprint density at radius 2 is 1.59 bits per heavy atom. The lowest BCUT2D eigenvalue weighted by Gasteiger charge is -2.19. The summed E-state index contributed by atoms with van der Waals surface area (Å²) in [4.78, 5) is 24.5. The van der Waals surface area contributed by atoms with Gasteiger partial charge in [0.1, 0.15) is 11.8 Å². The van der Waals surface area contributed by atoms with Crippen LogP contribution in [0.5, 0.6) is 5.75 Å². The number of sulfonamides is 1. The second-order valence-corrected chi connectivity index (χ2v) is 9.46. The lowest BCUT2D eigenvalue weighted by Crippen LogP contribution is -2.45. The number of methoxy groups -OCH3 is 1. The van der Waals surface area contributed by atoms with Gasteiger partial charge in [0.2, 0.25) is 21.8 Å². The van der Waals surface area contributed by atoms with Crippen molar-refractivity contribution in [2.45, 2.75) is 31.2 Å². The van der Waals surface area contributed by atoms with Crippen molar-refractivity contribution < 1.29 is 22.7 Å². The van der Waals surface area contributed by atoms with Gasteiger partial charge in [-0.2, -0.15) is 4.72 Å². The zero-order valence-electron chi connectivity index (χ0n) is 19.2. The van der Waals surface area contributed by atoms with E-state index in [2.05, 4.69) is 15.4 Å². The van der Waals surface area contributed by atoms with Gasteiger partial charge >= 0.3 is 0 Å². The summed E-state index contributed by atoms with van der Waals surface area (Å²) >= 11 is 0. The molecule has 0 aliphatic heterocycles. The molecule has 2 amide bonds. The number of nitrogens with one attached hydrogen (secondary N) is 3. The van der Waals surface area contributed by atoms with Crippen molar-refractivity contribution in [3.05, 3.63) is 83.9 Å². The molecule has 8 nitrogen and oxygen atoms in total. The molecule has 0 unspecified atom stereocenters. The Morgan fingerprint density at radius 1 is 0.912 bits per heavy atom. The van der Waals surface area contributed by atoms with Crippen molar-refractivity contribution >= 4 is 33.2 Å². The highest BCUT2D eigenvalue weighted by Crippen LogP contribution is 2.22. The van der Waals surface area contributed by atoms with Crippen molar-refractivity contribution in [3.8, 4) is 5.75 Å². The van der Waals surface area contributed by atoms with Crippen LogP contribution in [0.25, 0.3) is 0 Å². The number of amides is 2. The van der Waals surface area contributed by atoms with E-state index < -0.39 is 22.0 Å². The smallest absolute Gasteiger partial charge is 0.242 e. The zero-order chi connectivity index (χ0) is 24.7. The van der Waals surface area contributed by atoms with Gasteiger partial charge in [0.25, 0.3) is 0 Å². The van der Waals surface area contributed by atoms with Crippen LogP contribution in [0.1, 0.15) is 18.1 Å². The van der Waals surface area contributed by atoms with Gasteiger partial charge in [0, 0.05) is 18.3 Å². The van der Waals surface area contributed by atoms with Crippen LogP contribution in [0.3, 0.4) is 0 Å². The van der Waals surface area contributed by atoms with E-state index in [-0.39, 0.29) is 17.2 Å². The van der Waals surface area contributed by atoms with Crippen LogP contribution >= 0.6 is 0 Å². The number of hydrogen-bond acceptors (Lipinski definition) is 5. The van der Waals surface area contributed by atoms with Crippen LogP contribution in [0.4, 0.5) is 11.4 Å². The first-order chi connectivity index (χ1) is 16.2. The third-order valence-corrected chi connectivity index (χ3v) is 6.49. The normalized spacial score (nSPS) is 12.0. The fraction of sp³-hybridized carbons (Fsp3) is 0.200. The highest BCUT2D eigenvalue weighted by atomic mass is 32.2. The first kappa shape index (κ1) is 24.9. The molecule has 0 spiro atoms. The van der Waals surface area contributed by atoms with Crippen LogP contribution in [0.15, 0.2) is 77.7 Å². The van der Waals surface area contributed by atoms with E-state index in [0.717, 1.165) is 5.56 Å². The molecule has 3 N–H and O–H groups in total. The molecular weight excluding hydrogens is 454 g/mol. The Hall–Kier alpha value is -3.69. The van der Waals surface area contributed by atoms with Crippen LogP contribution in [0.2, 0.25) is 0 Å². The molecule has 0 aliphatic rings. The summed E-state index contributed by atoms with van der Waals surface area (Å²) in [6.45, 7) is 3.13. The van der Waals surface area contributed by atoms with Gasteiger partial charge in [-0.25, -0.2) is 8.42 Å². The maximum Gasteiger partial charge on any atom is 0.242 e. The molecule has 178 valence electrons. The Bertz CT molecular complexity index is 1280. The number of carbonyl (C=O) groups is 2. The van der Waals surface area contributed by atoms with E-state index in [1.54, 1.807) is 37.3 Å². The minimum Gasteiger partial charge on any atom is -0.496 e. The van der Waals surface area contributed by atoms with Crippen LogP contribution in [0, 0.1) is 6.92 Å². The van der Waals surface area contributed by atoms with Crippen LogP contribution < -0.4 is 20.1 Å². The number of anilines is 2. The fourth-order valence-corrected chi connectivity index (χ4v) is 4.70. The van der Waals surface area contributed by atoms with Gasteiger partial charge in [-0.3, -0.25) is 9.59 Å². The lowest BCUT2D eigenvalue weighted by molar-refractivity contribution is -0.117. The SMILES string of the molecule is COc1ccc(S(=O)(=O)N[C@@H](Cc2ccccc2)C(=O)Nc2cccc(NC(C)=O)c2)cc1C. The minimum absolute atomic E-state index is 0.0318. The van der Waals surface area contributed by atoms with Crippen molar-refractivity contribution in [3.63, 3.8) is 0 Å². The summed E-state index contributed by atoms with van der Waals surface area (Å²) in [5.41, 5.74) is 2.39. The highest BCUT2D eigenvalue weighted by Gasteiger charge is 2.27. The Balaban J connectivity index is 1.87. The lowest BCUT2D eigenvalue weighted by atomic mass is 10.1. The first-order valence-corrected chi connectivity index (χ1v) is 12.1. The predicted octanol–water partition coefficient (Wildman–Crippen LogP) is 3.49. The van der Waals surface area contributed by atoms with Gasteiger partial charge in [-0.15, -0.1) is 0 Å². The topological polar surface area (TPSA) is 114 Å². The monoisotopic (exact) mass is 481 g/mol. The van der Waals surface area contributed by atoms with E-state index in [1.165, 1.54) is 26.2 Å². The number of ether oxygens (including phenoxy) is 1. The second-order valence-electron chi connectivity index (χ2n) is 7.75. The average Bonchev–Trinajstić information content (AvgIpc) is 2.79. The molecule has 3 rings (SSSR count). The van der Waals surface area contributed by atoms with E-state index >= 15 is 0 Å². The molecular formula is C25H27N3O5S. The zero-order valence-corrected chi connectivity index (χ0v) is 20.0. The van der Waals surface area contributed by atoms with E-state index in [9.17, 15) is 18.0 Å². The molecule has 0 saturated heterocycles.